The van der Waals surface area contributed by atoms with Gasteiger partial charge < -0.3 is 0 Å². The molecule has 2 aromatic rings. The molecule has 1 aliphatic rings. The number of carbonyl (C=O) groups excluding carboxylic acids is 2. The van der Waals surface area contributed by atoms with E-state index in [9.17, 15) is 9.59 Å². The summed E-state index contributed by atoms with van der Waals surface area (Å²) in [5.41, 5.74) is 2.83. The number of allylic oxidation sites excluding steroid dienone is 2. The van der Waals surface area contributed by atoms with Crippen LogP contribution in [0.1, 0.15) is 45.5 Å². The number of hydrogen-bond acceptors (Lipinski definition) is 2. The van der Waals surface area contributed by atoms with E-state index in [0.29, 0.717) is 23.1 Å². The maximum Gasteiger partial charge on any atom is 0.189 e. The van der Waals surface area contributed by atoms with Gasteiger partial charge in [-0.3, -0.25) is 9.59 Å². The topological polar surface area (TPSA) is 34.1 Å². The second-order valence-corrected chi connectivity index (χ2v) is 5.42. The van der Waals surface area contributed by atoms with E-state index in [4.69, 9.17) is 0 Å². The van der Waals surface area contributed by atoms with Crippen LogP contribution in [0.15, 0.2) is 66.2 Å². The Balaban J connectivity index is 1.88. The van der Waals surface area contributed by atoms with Crippen molar-refractivity contribution < 1.29 is 9.59 Å². The minimum Gasteiger partial charge on any atom is -0.289 e. The average Bonchev–Trinajstić information content (AvgIpc) is 2.53. The fourth-order valence-electron chi connectivity index (χ4n) is 2.75. The van der Waals surface area contributed by atoms with Crippen LogP contribution in [-0.4, -0.2) is 11.6 Å². The predicted molar refractivity (Wildman–Crippen MR) is 82.7 cm³/mol. The van der Waals surface area contributed by atoms with E-state index in [-0.39, 0.29) is 17.5 Å². The van der Waals surface area contributed by atoms with Gasteiger partial charge in [-0.1, -0.05) is 61.5 Å². The van der Waals surface area contributed by atoms with Crippen molar-refractivity contribution in [2.24, 2.45) is 0 Å². The number of benzene rings is 2. The highest BCUT2D eigenvalue weighted by atomic mass is 16.1. The van der Waals surface area contributed by atoms with Crippen molar-refractivity contribution in [3.63, 3.8) is 0 Å². The van der Waals surface area contributed by atoms with E-state index < -0.39 is 0 Å². The first-order valence-electron chi connectivity index (χ1n) is 7.10. The first kappa shape index (κ1) is 13.5. The van der Waals surface area contributed by atoms with Gasteiger partial charge in [-0.2, -0.15) is 0 Å². The number of rotatable bonds is 3. The second kappa shape index (κ2) is 5.49. The van der Waals surface area contributed by atoms with E-state index in [1.807, 2.05) is 30.3 Å². The van der Waals surface area contributed by atoms with Crippen molar-refractivity contribution >= 4 is 11.6 Å². The van der Waals surface area contributed by atoms with Crippen LogP contribution in [0.3, 0.4) is 0 Å². The minimum atomic E-state index is -0.0690. The van der Waals surface area contributed by atoms with Gasteiger partial charge in [-0.25, -0.2) is 0 Å². The zero-order valence-electron chi connectivity index (χ0n) is 11.9. The number of ketones is 2. The summed E-state index contributed by atoms with van der Waals surface area (Å²) in [6.07, 6.45) is 2.09. The standard InChI is InChI=1S/C19H16O2/c1-13(14-7-3-2-4-8-14)11-15-12-18(20)16-9-5-6-10-17(16)19(15)21/h2-10,12-13H,11H2,1H3. The number of fused-ring (bicyclic) bond motifs is 1. The summed E-state index contributed by atoms with van der Waals surface area (Å²) in [4.78, 5) is 24.6. The molecule has 0 aliphatic heterocycles. The molecule has 3 rings (SSSR count). The van der Waals surface area contributed by atoms with Gasteiger partial charge in [0.1, 0.15) is 0 Å². The molecule has 0 aromatic heterocycles. The van der Waals surface area contributed by atoms with Crippen molar-refractivity contribution in [3.8, 4) is 0 Å². The van der Waals surface area contributed by atoms with E-state index in [0.717, 1.165) is 0 Å². The molecule has 0 saturated heterocycles. The zero-order chi connectivity index (χ0) is 14.8. The molecule has 0 radical (unpaired) electrons. The lowest BCUT2D eigenvalue weighted by Crippen LogP contribution is -2.18. The Morgan fingerprint density at radius 1 is 0.857 bits per heavy atom. The first-order chi connectivity index (χ1) is 10.2. The molecule has 0 saturated carbocycles. The second-order valence-electron chi connectivity index (χ2n) is 5.42. The lowest BCUT2D eigenvalue weighted by atomic mass is 9.84. The Hall–Kier alpha value is -2.48. The SMILES string of the molecule is CC(CC1=CC(=O)c2ccccc2C1=O)c1ccccc1. The summed E-state index contributed by atoms with van der Waals surface area (Å²) in [5, 5.41) is 0. The minimum absolute atomic E-state index is 0.0204. The Kier molecular flexibility index (Phi) is 3.53. The van der Waals surface area contributed by atoms with Gasteiger partial charge in [0.2, 0.25) is 0 Å². The molecule has 2 nitrogen and oxygen atoms in total. The molecule has 2 aromatic carbocycles. The fraction of sp³-hybridized carbons (Fsp3) is 0.158. The van der Waals surface area contributed by atoms with Gasteiger partial charge in [-0.05, 0) is 24.0 Å². The molecule has 0 heterocycles. The normalized spacial score (nSPS) is 15.4. The molecule has 1 atom stereocenters. The summed E-state index contributed by atoms with van der Waals surface area (Å²) >= 11 is 0. The maximum absolute atomic E-state index is 12.5. The Morgan fingerprint density at radius 3 is 2.19 bits per heavy atom. The van der Waals surface area contributed by atoms with Crippen LogP contribution in [0.25, 0.3) is 0 Å². The quantitative estimate of drug-likeness (QED) is 0.842. The van der Waals surface area contributed by atoms with Crippen LogP contribution < -0.4 is 0 Å². The van der Waals surface area contributed by atoms with Gasteiger partial charge in [0.05, 0.1) is 0 Å². The molecule has 104 valence electrons. The van der Waals surface area contributed by atoms with Crippen LogP contribution in [0.2, 0.25) is 0 Å². The third-order valence-corrected chi connectivity index (χ3v) is 3.93. The van der Waals surface area contributed by atoms with E-state index in [1.54, 1.807) is 24.3 Å². The van der Waals surface area contributed by atoms with Crippen molar-refractivity contribution in [1.82, 2.24) is 0 Å². The van der Waals surface area contributed by atoms with Gasteiger partial charge in [-0.15, -0.1) is 0 Å². The van der Waals surface area contributed by atoms with Crippen LogP contribution >= 0.6 is 0 Å². The molecule has 0 spiro atoms. The summed E-state index contributed by atoms with van der Waals surface area (Å²) < 4.78 is 0. The molecule has 1 aliphatic carbocycles. The Labute approximate surface area is 124 Å². The number of carbonyl (C=O) groups is 2. The molecule has 0 fully saturated rings. The maximum atomic E-state index is 12.5. The number of hydrogen-bond donors (Lipinski definition) is 0. The molecule has 1 unspecified atom stereocenters. The summed E-state index contributed by atoms with van der Waals surface area (Å²) in [6, 6.07) is 17.1. The number of Topliss-reactive ketones (excluding diaryl/α,β-unsaturated/α-hetero) is 1. The van der Waals surface area contributed by atoms with Crippen molar-refractivity contribution in [2.45, 2.75) is 19.3 Å². The van der Waals surface area contributed by atoms with Crippen LogP contribution in [0.4, 0.5) is 0 Å². The van der Waals surface area contributed by atoms with Crippen LogP contribution in [-0.2, 0) is 0 Å². The largest absolute Gasteiger partial charge is 0.289 e. The highest BCUT2D eigenvalue weighted by Gasteiger charge is 2.25. The molecule has 2 heteroatoms. The zero-order valence-corrected chi connectivity index (χ0v) is 11.9. The van der Waals surface area contributed by atoms with Gasteiger partial charge in [0.25, 0.3) is 0 Å². The van der Waals surface area contributed by atoms with Crippen LogP contribution in [0, 0.1) is 0 Å². The van der Waals surface area contributed by atoms with Gasteiger partial charge in [0.15, 0.2) is 11.6 Å². The Bertz CT molecular complexity index is 726. The average molecular weight is 276 g/mol. The van der Waals surface area contributed by atoms with Crippen molar-refractivity contribution in [2.75, 3.05) is 0 Å². The first-order valence-corrected chi connectivity index (χ1v) is 7.10. The van der Waals surface area contributed by atoms with Gasteiger partial charge in [0, 0.05) is 16.7 Å². The van der Waals surface area contributed by atoms with Crippen molar-refractivity contribution in [1.29, 1.82) is 0 Å². The smallest absolute Gasteiger partial charge is 0.189 e. The predicted octanol–water partition coefficient (Wildman–Crippen LogP) is 4.19. The summed E-state index contributed by atoms with van der Waals surface area (Å²) in [6.45, 7) is 2.08. The molecule has 0 bridgehead atoms. The van der Waals surface area contributed by atoms with Crippen molar-refractivity contribution in [3.05, 3.63) is 82.9 Å². The summed E-state index contributed by atoms with van der Waals surface area (Å²) in [7, 11) is 0. The lowest BCUT2D eigenvalue weighted by molar-refractivity contribution is 0.0980. The molecular formula is C19H16O2. The molecule has 0 N–H and O–H groups in total. The van der Waals surface area contributed by atoms with E-state index >= 15 is 0 Å². The van der Waals surface area contributed by atoms with E-state index in [1.165, 1.54) is 11.6 Å². The lowest BCUT2D eigenvalue weighted by Gasteiger charge is -2.18. The Morgan fingerprint density at radius 2 is 1.48 bits per heavy atom. The van der Waals surface area contributed by atoms with Crippen LogP contribution in [0.5, 0.6) is 0 Å². The third-order valence-electron chi connectivity index (χ3n) is 3.93. The highest BCUT2D eigenvalue weighted by molar-refractivity contribution is 6.24. The summed E-state index contributed by atoms with van der Waals surface area (Å²) in [5.74, 6) is 0.118. The molecule has 0 amide bonds. The monoisotopic (exact) mass is 276 g/mol. The van der Waals surface area contributed by atoms with E-state index in [2.05, 4.69) is 6.92 Å². The van der Waals surface area contributed by atoms with Gasteiger partial charge >= 0.3 is 0 Å². The molecule has 21 heavy (non-hydrogen) atoms. The highest BCUT2D eigenvalue weighted by Crippen LogP contribution is 2.29. The third kappa shape index (κ3) is 2.57. The fourth-order valence-corrected chi connectivity index (χ4v) is 2.75. The molecular weight excluding hydrogens is 260 g/mol.